The summed E-state index contributed by atoms with van der Waals surface area (Å²) in [6.07, 6.45) is 1.95. The summed E-state index contributed by atoms with van der Waals surface area (Å²) < 4.78 is 34.0. The molecule has 0 aliphatic rings. The minimum atomic E-state index is -3.42. The molecule has 0 amide bonds. The summed E-state index contributed by atoms with van der Waals surface area (Å²) in [5.41, 5.74) is 6.50. The molecule has 0 heterocycles. The molecule has 1 rings (SSSR count). The van der Waals surface area contributed by atoms with Gasteiger partial charge in [-0.2, -0.15) is 0 Å². The van der Waals surface area contributed by atoms with E-state index in [0.717, 1.165) is 18.2 Å². The van der Waals surface area contributed by atoms with E-state index in [0.29, 0.717) is 18.0 Å². The summed E-state index contributed by atoms with van der Waals surface area (Å²) in [5, 5.41) is 0. The summed E-state index contributed by atoms with van der Waals surface area (Å²) in [7, 11) is -0.527. The average molecular weight is 287 g/mol. The van der Waals surface area contributed by atoms with Crippen LogP contribution in [-0.2, 0) is 9.84 Å². The van der Waals surface area contributed by atoms with Crippen LogP contribution in [0.25, 0.3) is 0 Å². The Morgan fingerprint density at radius 3 is 2.00 bits per heavy atom. The van der Waals surface area contributed by atoms with Crippen LogP contribution in [0.5, 0.6) is 11.5 Å². The first-order valence-corrected chi connectivity index (χ1v) is 7.90. The van der Waals surface area contributed by atoms with E-state index in [1.54, 1.807) is 12.1 Å². The lowest BCUT2D eigenvalue weighted by Gasteiger charge is -2.17. The van der Waals surface area contributed by atoms with Gasteiger partial charge in [-0.25, -0.2) is 8.42 Å². The van der Waals surface area contributed by atoms with E-state index in [1.165, 1.54) is 14.2 Å². The highest BCUT2D eigenvalue weighted by atomic mass is 32.2. The van der Waals surface area contributed by atoms with Crippen LogP contribution in [-0.4, -0.2) is 35.4 Å². The first-order valence-electron chi connectivity index (χ1n) is 6.01. The van der Waals surface area contributed by atoms with Crippen molar-refractivity contribution in [2.45, 2.75) is 24.2 Å². The molecule has 0 saturated carbocycles. The quantitative estimate of drug-likeness (QED) is 0.859. The van der Waals surface area contributed by atoms with Crippen molar-refractivity contribution in [3.8, 4) is 11.5 Å². The lowest BCUT2D eigenvalue weighted by atomic mass is 9.97. The predicted molar refractivity (Wildman–Crippen MR) is 74.7 cm³/mol. The highest BCUT2D eigenvalue weighted by molar-refractivity contribution is 7.91. The van der Waals surface area contributed by atoms with E-state index >= 15 is 0 Å². The van der Waals surface area contributed by atoms with Gasteiger partial charge in [0.25, 0.3) is 0 Å². The van der Waals surface area contributed by atoms with Gasteiger partial charge in [0, 0.05) is 6.26 Å². The molecule has 1 atom stereocenters. The van der Waals surface area contributed by atoms with E-state index in [9.17, 15) is 8.42 Å². The molecular weight excluding hydrogens is 266 g/mol. The van der Waals surface area contributed by atoms with E-state index in [4.69, 9.17) is 15.2 Å². The third-order valence-electron chi connectivity index (χ3n) is 3.02. The zero-order valence-corrected chi connectivity index (χ0v) is 12.6. The smallest absolute Gasteiger partial charge is 0.182 e. The maximum Gasteiger partial charge on any atom is 0.182 e. The fourth-order valence-electron chi connectivity index (χ4n) is 1.97. The molecule has 0 aliphatic heterocycles. The van der Waals surface area contributed by atoms with Crippen LogP contribution in [0.1, 0.15) is 24.8 Å². The van der Waals surface area contributed by atoms with E-state index < -0.39 is 9.84 Å². The lowest BCUT2D eigenvalue weighted by Crippen LogP contribution is -2.08. The second-order valence-electron chi connectivity index (χ2n) is 4.51. The zero-order chi connectivity index (χ0) is 14.6. The maximum atomic E-state index is 11.8. The van der Waals surface area contributed by atoms with Gasteiger partial charge in [-0.3, -0.25) is 0 Å². The molecule has 2 N–H and O–H groups in total. The molecule has 0 spiro atoms. The van der Waals surface area contributed by atoms with E-state index in [1.807, 2.05) is 6.92 Å². The second kappa shape index (κ2) is 6.25. The summed E-state index contributed by atoms with van der Waals surface area (Å²) in [4.78, 5) is 0.0844. The highest BCUT2D eigenvalue weighted by Crippen LogP contribution is 2.37. The molecule has 1 unspecified atom stereocenters. The summed E-state index contributed by atoms with van der Waals surface area (Å²) in [6.45, 7) is 2.60. The van der Waals surface area contributed by atoms with Crippen molar-refractivity contribution in [3.63, 3.8) is 0 Å². The lowest BCUT2D eigenvalue weighted by molar-refractivity contribution is 0.372. The van der Waals surface area contributed by atoms with Gasteiger partial charge in [0.2, 0.25) is 0 Å². The van der Waals surface area contributed by atoms with E-state index in [-0.39, 0.29) is 10.8 Å². The minimum Gasteiger partial charge on any atom is -0.495 e. The van der Waals surface area contributed by atoms with Crippen molar-refractivity contribution in [2.75, 3.05) is 27.0 Å². The van der Waals surface area contributed by atoms with Crippen molar-refractivity contribution < 1.29 is 17.9 Å². The van der Waals surface area contributed by atoms with Crippen molar-refractivity contribution in [1.29, 1.82) is 0 Å². The molecule has 19 heavy (non-hydrogen) atoms. The molecule has 0 bridgehead atoms. The normalized spacial score (nSPS) is 13.1. The van der Waals surface area contributed by atoms with Gasteiger partial charge >= 0.3 is 0 Å². The molecule has 0 fully saturated rings. The topological polar surface area (TPSA) is 78.6 Å². The Morgan fingerprint density at radius 2 is 1.68 bits per heavy atom. The fourth-order valence-corrected chi connectivity index (χ4v) is 2.98. The monoisotopic (exact) mass is 287 g/mol. The number of hydrogen-bond acceptors (Lipinski definition) is 5. The van der Waals surface area contributed by atoms with Crippen molar-refractivity contribution in [1.82, 2.24) is 0 Å². The van der Waals surface area contributed by atoms with Gasteiger partial charge < -0.3 is 15.2 Å². The minimum absolute atomic E-state index is 0.0844. The molecule has 5 nitrogen and oxygen atoms in total. The van der Waals surface area contributed by atoms with Gasteiger partial charge in [-0.05, 0) is 36.6 Å². The number of hydrogen-bond donors (Lipinski definition) is 1. The number of methoxy groups -OCH3 is 2. The molecule has 6 heteroatoms. The fraction of sp³-hybridized carbons (Fsp3) is 0.538. The molecule has 0 saturated heterocycles. The summed E-state index contributed by atoms with van der Waals surface area (Å²) in [6, 6.07) is 3.47. The standard InChI is InChI=1S/C13H21NO4S/c1-9(5-6-14)10-7-11(17-2)13(19(4,15)16)12(8-10)18-3/h7-9H,5-6,14H2,1-4H3. The largest absolute Gasteiger partial charge is 0.495 e. The molecule has 1 aromatic carbocycles. The van der Waals surface area contributed by atoms with Gasteiger partial charge in [0.05, 0.1) is 14.2 Å². The maximum absolute atomic E-state index is 11.8. The predicted octanol–water partition coefficient (Wildman–Crippen LogP) is 1.56. The van der Waals surface area contributed by atoms with Crippen LogP contribution >= 0.6 is 0 Å². The summed E-state index contributed by atoms with van der Waals surface area (Å²) in [5.74, 6) is 0.822. The van der Waals surface area contributed by atoms with Crippen LogP contribution < -0.4 is 15.2 Å². The van der Waals surface area contributed by atoms with Crippen LogP contribution in [0, 0.1) is 0 Å². The molecule has 108 valence electrons. The first-order chi connectivity index (χ1) is 8.85. The van der Waals surface area contributed by atoms with Crippen LogP contribution in [0.2, 0.25) is 0 Å². The van der Waals surface area contributed by atoms with Gasteiger partial charge in [0.1, 0.15) is 11.5 Å². The first kappa shape index (κ1) is 15.8. The van der Waals surface area contributed by atoms with Crippen molar-refractivity contribution in [3.05, 3.63) is 17.7 Å². The van der Waals surface area contributed by atoms with Crippen molar-refractivity contribution >= 4 is 9.84 Å². The van der Waals surface area contributed by atoms with Gasteiger partial charge in [0.15, 0.2) is 14.7 Å². The Morgan fingerprint density at radius 1 is 1.21 bits per heavy atom. The zero-order valence-electron chi connectivity index (χ0n) is 11.8. The molecular formula is C13H21NO4S. The van der Waals surface area contributed by atoms with Crippen LogP contribution in [0.4, 0.5) is 0 Å². The average Bonchev–Trinajstić information content (AvgIpc) is 2.36. The molecule has 0 aliphatic carbocycles. The van der Waals surface area contributed by atoms with Crippen LogP contribution in [0.15, 0.2) is 17.0 Å². The summed E-state index contributed by atoms with van der Waals surface area (Å²) >= 11 is 0. The number of benzene rings is 1. The molecule has 0 radical (unpaired) electrons. The Labute approximate surface area is 114 Å². The van der Waals surface area contributed by atoms with E-state index in [2.05, 4.69) is 0 Å². The SMILES string of the molecule is COc1cc(C(C)CCN)cc(OC)c1S(C)(=O)=O. The number of ether oxygens (including phenoxy) is 2. The molecule has 0 aromatic heterocycles. The van der Waals surface area contributed by atoms with Crippen LogP contribution in [0.3, 0.4) is 0 Å². The third kappa shape index (κ3) is 3.61. The second-order valence-corrected chi connectivity index (χ2v) is 6.46. The number of rotatable bonds is 6. The van der Waals surface area contributed by atoms with Gasteiger partial charge in [-0.15, -0.1) is 0 Å². The number of nitrogens with two attached hydrogens (primary N) is 1. The molecule has 1 aromatic rings. The number of sulfone groups is 1. The van der Waals surface area contributed by atoms with Gasteiger partial charge in [-0.1, -0.05) is 6.92 Å². The highest BCUT2D eigenvalue weighted by Gasteiger charge is 2.22. The van der Waals surface area contributed by atoms with Crippen molar-refractivity contribution in [2.24, 2.45) is 5.73 Å². The Bertz CT molecular complexity index is 515. The Balaban J connectivity index is 3.45. The Kier molecular flexibility index (Phi) is 5.20. The third-order valence-corrected chi connectivity index (χ3v) is 4.17. The Hall–Kier alpha value is -1.27.